The first-order valence-electron chi connectivity index (χ1n) is 8.41. The fourth-order valence-corrected chi connectivity index (χ4v) is 2.79. The molecule has 0 saturated carbocycles. The van der Waals surface area contributed by atoms with Gasteiger partial charge in [-0.3, -0.25) is 10.1 Å². The molecule has 0 aromatic heterocycles. The van der Waals surface area contributed by atoms with Gasteiger partial charge in [0.25, 0.3) is 12.4 Å². The molecule has 0 unspecified atom stereocenters. The van der Waals surface area contributed by atoms with Crippen molar-refractivity contribution in [2.45, 2.75) is 0 Å². The Kier molecular flexibility index (Phi) is 4.40. The third-order valence-corrected chi connectivity index (χ3v) is 4.12. The molecule has 0 saturated heterocycles. The average Bonchev–Trinajstić information content (AvgIpc) is 2.75. The van der Waals surface area contributed by atoms with Crippen LogP contribution in [0.25, 0.3) is 0 Å². The Balaban J connectivity index is 1.80. The van der Waals surface area contributed by atoms with E-state index in [2.05, 4.69) is 10.2 Å². The first kappa shape index (κ1) is 16.6. The monoisotopic (exact) mass is 358 g/mol. The van der Waals surface area contributed by atoms with Crippen LogP contribution >= 0.6 is 0 Å². The predicted octanol–water partition coefficient (Wildman–Crippen LogP) is 4.53. The zero-order chi connectivity index (χ0) is 18.6. The van der Waals surface area contributed by atoms with Crippen LogP contribution in [0.5, 0.6) is 0 Å². The Hall–Kier alpha value is -3.87. The lowest BCUT2D eigenvalue weighted by Gasteiger charge is -2.20. The maximum absolute atomic E-state index is 11.1. The third kappa shape index (κ3) is 3.57. The van der Waals surface area contributed by atoms with Crippen molar-refractivity contribution in [3.05, 3.63) is 101 Å². The SMILES string of the molecule is O=[N+]([O-])c1cccc(C2=NN(c3ccccc3)C[N+](c3ccccc3)=N2)c1. The van der Waals surface area contributed by atoms with Gasteiger partial charge in [-0.2, -0.15) is 0 Å². The first-order chi connectivity index (χ1) is 13.2. The molecule has 0 aliphatic carbocycles. The second kappa shape index (κ2) is 7.17. The zero-order valence-corrected chi connectivity index (χ0v) is 14.3. The van der Waals surface area contributed by atoms with E-state index in [0.29, 0.717) is 18.1 Å². The Morgan fingerprint density at radius 1 is 0.926 bits per heavy atom. The molecule has 1 heterocycles. The van der Waals surface area contributed by atoms with Gasteiger partial charge >= 0.3 is 0 Å². The topological polar surface area (TPSA) is 74.1 Å². The molecule has 0 spiro atoms. The first-order valence-corrected chi connectivity index (χ1v) is 8.41. The minimum absolute atomic E-state index is 0.00787. The molecule has 27 heavy (non-hydrogen) atoms. The van der Waals surface area contributed by atoms with E-state index in [1.807, 2.05) is 70.4 Å². The number of hydrogen-bond acceptors (Lipinski definition) is 5. The fraction of sp³-hybridized carbons (Fsp3) is 0.0500. The molecule has 132 valence electrons. The lowest BCUT2D eigenvalue weighted by molar-refractivity contribution is -0.508. The summed E-state index contributed by atoms with van der Waals surface area (Å²) in [4.78, 5) is 10.7. The molecular weight excluding hydrogens is 342 g/mol. The summed E-state index contributed by atoms with van der Waals surface area (Å²) in [6.07, 6.45) is 0. The van der Waals surface area contributed by atoms with Gasteiger partial charge in [-0.15, -0.1) is 5.10 Å². The number of para-hydroxylation sites is 2. The van der Waals surface area contributed by atoms with Gasteiger partial charge in [-0.1, -0.05) is 53.2 Å². The molecule has 0 fully saturated rings. The molecule has 7 heteroatoms. The lowest BCUT2D eigenvalue weighted by atomic mass is 10.2. The highest BCUT2D eigenvalue weighted by Gasteiger charge is 2.26. The highest BCUT2D eigenvalue weighted by atomic mass is 16.6. The van der Waals surface area contributed by atoms with Gasteiger partial charge in [0, 0.05) is 34.9 Å². The number of azo groups is 2. The smallest absolute Gasteiger partial charge is 0.258 e. The van der Waals surface area contributed by atoms with E-state index in [9.17, 15) is 10.1 Å². The summed E-state index contributed by atoms with van der Waals surface area (Å²) >= 11 is 0. The molecule has 3 aromatic rings. The number of amidine groups is 1. The van der Waals surface area contributed by atoms with Crippen LogP contribution in [0.3, 0.4) is 0 Å². The van der Waals surface area contributed by atoms with Crippen LogP contribution in [0.15, 0.2) is 95.1 Å². The van der Waals surface area contributed by atoms with Crippen molar-refractivity contribution < 1.29 is 9.62 Å². The molecule has 1 aliphatic heterocycles. The van der Waals surface area contributed by atoms with Crippen LogP contribution in [0.2, 0.25) is 0 Å². The second-order valence-electron chi connectivity index (χ2n) is 5.94. The summed E-state index contributed by atoms with van der Waals surface area (Å²) in [7, 11) is 0. The maximum atomic E-state index is 11.1. The fourth-order valence-electron chi connectivity index (χ4n) is 2.79. The van der Waals surface area contributed by atoms with E-state index in [0.717, 1.165) is 11.4 Å². The van der Waals surface area contributed by atoms with Crippen LogP contribution in [-0.4, -0.2) is 22.1 Å². The Morgan fingerprint density at radius 3 is 2.33 bits per heavy atom. The van der Waals surface area contributed by atoms with Crippen molar-refractivity contribution in [3.8, 4) is 0 Å². The van der Waals surface area contributed by atoms with Gasteiger partial charge in [0.2, 0.25) is 11.5 Å². The van der Waals surface area contributed by atoms with Crippen LogP contribution in [0, 0.1) is 10.1 Å². The van der Waals surface area contributed by atoms with Gasteiger partial charge in [0.05, 0.1) is 10.6 Å². The van der Waals surface area contributed by atoms with Crippen LogP contribution in [0.1, 0.15) is 5.56 Å². The minimum Gasteiger partial charge on any atom is -0.258 e. The Labute approximate surface area is 155 Å². The number of non-ortho nitro benzene ring substituents is 1. The molecule has 0 radical (unpaired) electrons. The normalized spacial score (nSPS) is 13.7. The zero-order valence-electron chi connectivity index (χ0n) is 14.3. The average molecular weight is 358 g/mol. The quantitative estimate of drug-likeness (QED) is 0.391. The summed E-state index contributed by atoms with van der Waals surface area (Å²) in [5.41, 5.74) is 2.42. The summed E-state index contributed by atoms with van der Waals surface area (Å²) in [5, 5.41) is 22.2. The molecule has 1 aliphatic rings. The molecular formula is C20H16N5O2+. The van der Waals surface area contributed by atoms with Gasteiger partial charge < -0.3 is 0 Å². The van der Waals surface area contributed by atoms with Crippen molar-refractivity contribution in [2.75, 3.05) is 11.7 Å². The van der Waals surface area contributed by atoms with Crippen molar-refractivity contribution in [2.24, 2.45) is 10.2 Å². The van der Waals surface area contributed by atoms with Crippen LogP contribution in [-0.2, 0) is 0 Å². The molecule has 4 rings (SSSR count). The Morgan fingerprint density at radius 2 is 1.63 bits per heavy atom. The lowest BCUT2D eigenvalue weighted by Crippen LogP contribution is -2.31. The van der Waals surface area contributed by atoms with E-state index in [1.54, 1.807) is 12.1 Å². The minimum atomic E-state index is -0.420. The number of nitrogens with zero attached hydrogens (tertiary/aromatic N) is 5. The number of hydrazone groups is 1. The number of nitro groups is 1. The van der Waals surface area contributed by atoms with E-state index in [4.69, 9.17) is 0 Å². The molecule has 0 bridgehead atoms. The van der Waals surface area contributed by atoms with E-state index in [-0.39, 0.29) is 5.69 Å². The molecule has 0 amide bonds. The maximum Gasteiger partial charge on any atom is 0.270 e. The van der Waals surface area contributed by atoms with Gasteiger partial charge in [-0.25, -0.2) is 5.01 Å². The number of hydrogen-bond donors (Lipinski definition) is 0. The summed E-state index contributed by atoms with van der Waals surface area (Å²) in [6.45, 7) is 0.437. The third-order valence-electron chi connectivity index (χ3n) is 4.12. The van der Waals surface area contributed by atoms with Crippen LogP contribution in [0.4, 0.5) is 17.1 Å². The number of nitro benzene ring substituents is 1. The number of anilines is 1. The number of rotatable bonds is 4. The van der Waals surface area contributed by atoms with E-state index < -0.39 is 4.92 Å². The Bertz CT molecular complexity index is 1030. The predicted molar refractivity (Wildman–Crippen MR) is 102 cm³/mol. The van der Waals surface area contributed by atoms with E-state index in [1.165, 1.54) is 12.1 Å². The largest absolute Gasteiger partial charge is 0.270 e. The molecule has 0 atom stereocenters. The van der Waals surface area contributed by atoms with Crippen molar-refractivity contribution in [1.29, 1.82) is 0 Å². The standard InChI is InChI=1S/C20H16N5O2/c26-25(27)19-13-7-8-16(14-19)20-21-23(17-9-3-1-4-10-17)15-24(22-20)18-11-5-2-6-12-18/h1-14H,15H2/q+1. The number of benzene rings is 3. The van der Waals surface area contributed by atoms with Crippen molar-refractivity contribution in [3.63, 3.8) is 0 Å². The van der Waals surface area contributed by atoms with Crippen molar-refractivity contribution >= 4 is 22.9 Å². The summed E-state index contributed by atoms with van der Waals surface area (Å²) < 4.78 is 1.83. The highest BCUT2D eigenvalue weighted by Crippen LogP contribution is 2.23. The van der Waals surface area contributed by atoms with Crippen LogP contribution < -0.4 is 5.01 Å². The van der Waals surface area contributed by atoms with Gasteiger partial charge in [0.1, 0.15) is 0 Å². The van der Waals surface area contributed by atoms with Gasteiger partial charge in [0.15, 0.2) is 0 Å². The molecule has 7 nitrogen and oxygen atoms in total. The van der Waals surface area contributed by atoms with E-state index >= 15 is 0 Å². The highest BCUT2D eigenvalue weighted by molar-refractivity contribution is 6.00. The van der Waals surface area contributed by atoms with Gasteiger partial charge in [-0.05, 0) is 12.1 Å². The summed E-state index contributed by atoms with van der Waals surface area (Å²) in [6, 6.07) is 25.8. The molecule has 3 aromatic carbocycles. The summed E-state index contributed by atoms with van der Waals surface area (Å²) in [5.74, 6) is 0.414. The van der Waals surface area contributed by atoms with Crippen molar-refractivity contribution in [1.82, 2.24) is 0 Å². The second-order valence-corrected chi connectivity index (χ2v) is 5.94. The molecule has 0 N–H and O–H groups in total.